The lowest BCUT2D eigenvalue weighted by Crippen LogP contribution is -2.20. The average molecular weight is 346 g/mol. The maximum atomic E-state index is 11.6. The van der Waals surface area contributed by atoms with Gasteiger partial charge in [0.25, 0.3) is 5.69 Å². The summed E-state index contributed by atoms with van der Waals surface area (Å²) in [6.45, 7) is -0.0664. The summed E-state index contributed by atoms with van der Waals surface area (Å²) in [7, 11) is -3.31. The summed E-state index contributed by atoms with van der Waals surface area (Å²) < 4.78 is 28.9. The zero-order valence-corrected chi connectivity index (χ0v) is 13.6. The minimum absolute atomic E-state index is 0.0339. The number of hydrogen-bond acceptors (Lipinski definition) is 6. The van der Waals surface area contributed by atoms with Crippen LogP contribution in [-0.4, -0.2) is 31.5 Å². The number of benzene rings is 2. The first-order valence-electron chi connectivity index (χ1n) is 7.17. The van der Waals surface area contributed by atoms with E-state index in [1.54, 1.807) is 24.3 Å². The Labute approximate surface area is 138 Å². The van der Waals surface area contributed by atoms with Crippen molar-refractivity contribution in [2.75, 3.05) is 12.9 Å². The van der Waals surface area contributed by atoms with Crippen molar-refractivity contribution in [2.24, 2.45) is 5.41 Å². The van der Waals surface area contributed by atoms with Gasteiger partial charge in [0.2, 0.25) is 0 Å². The van der Waals surface area contributed by atoms with Gasteiger partial charge in [-0.1, -0.05) is 18.2 Å². The highest BCUT2D eigenvalue weighted by atomic mass is 32.2. The summed E-state index contributed by atoms with van der Waals surface area (Å²) in [5.41, 5.74) is -1.08. The predicted octanol–water partition coefficient (Wildman–Crippen LogP) is 2.45. The van der Waals surface area contributed by atoms with Crippen LogP contribution >= 0.6 is 0 Å². The minimum Gasteiger partial charge on any atom is -0.491 e. The van der Waals surface area contributed by atoms with Gasteiger partial charge in [-0.15, -0.1) is 0 Å². The molecule has 0 saturated heterocycles. The first-order valence-corrected chi connectivity index (χ1v) is 9.13. The number of nitro benzene ring substituents is 1. The zero-order valence-electron chi connectivity index (χ0n) is 12.8. The van der Waals surface area contributed by atoms with Crippen molar-refractivity contribution in [3.8, 4) is 11.8 Å². The van der Waals surface area contributed by atoms with Crippen LogP contribution in [-0.2, 0) is 9.84 Å². The number of fused-ring (bicyclic) bond motifs is 1. The molecule has 2 atom stereocenters. The summed E-state index contributed by atoms with van der Waals surface area (Å²) in [6, 6.07) is 11.6. The lowest BCUT2D eigenvalue weighted by atomic mass is 10.1. The predicted molar refractivity (Wildman–Crippen MR) is 87.4 cm³/mol. The lowest BCUT2D eigenvalue weighted by molar-refractivity contribution is -0.383. The Kier molecular flexibility index (Phi) is 3.68. The number of nitriles is 1. The van der Waals surface area contributed by atoms with Crippen LogP contribution in [0.25, 0.3) is 10.8 Å². The standard InChI is InChI=1S/C16H14N2O5S/c1-24(21,22)15-8-16(15,9-17)10-23-14-7-6-13(18(19)20)11-4-2-3-5-12(11)14/h2-7,15H,8,10H2,1H3/t15-,16-/m1/s1. The second-order valence-electron chi connectivity index (χ2n) is 5.96. The van der Waals surface area contributed by atoms with E-state index in [1.807, 2.05) is 6.07 Å². The van der Waals surface area contributed by atoms with E-state index in [0.29, 0.717) is 16.5 Å². The molecular weight excluding hydrogens is 332 g/mol. The number of sulfone groups is 1. The van der Waals surface area contributed by atoms with Crippen LogP contribution in [0.1, 0.15) is 6.42 Å². The molecule has 124 valence electrons. The Morgan fingerprint density at radius 2 is 2.00 bits per heavy atom. The van der Waals surface area contributed by atoms with Crippen LogP contribution in [0.2, 0.25) is 0 Å². The van der Waals surface area contributed by atoms with E-state index >= 15 is 0 Å². The van der Waals surface area contributed by atoms with Gasteiger partial charge in [-0.25, -0.2) is 8.42 Å². The number of ether oxygens (including phenoxy) is 1. The fourth-order valence-electron chi connectivity index (χ4n) is 2.88. The molecule has 1 saturated carbocycles. The number of nitro groups is 1. The van der Waals surface area contributed by atoms with Crippen molar-refractivity contribution in [1.82, 2.24) is 0 Å². The quantitative estimate of drug-likeness (QED) is 0.607. The highest BCUT2D eigenvalue weighted by Crippen LogP contribution is 2.50. The normalized spacial score (nSPS) is 22.8. The molecule has 0 unspecified atom stereocenters. The van der Waals surface area contributed by atoms with E-state index in [-0.39, 0.29) is 18.7 Å². The molecule has 8 heteroatoms. The Morgan fingerprint density at radius 1 is 1.33 bits per heavy atom. The molecule has 0 spiro atoms. The number of nitrogens with zero attached hydrogens (tertiary/aromatic N) is 2. The van der Waals surface area contributed by atoms with Crippen LogP contribution in [0, 0.1) is 26.9 Å². The third kappa shape index (κ3) is 2.67. The van der Waals surface area contributed by atoms with E-state index in [1.165, 1.54) is 12.1 Å². The Balaban J connectivity index is 1.91. The van der Waals surface area contributed by atoms with Gasteiger partial charge in [0.1, 0.15) is 17.8 Å². The highest BCUT2D eigenvalue weighted by Gasteiger charge is 2.61. The first-order chi connectivity index (χ1) is 11.3. The maximum Gasteiger partial charge on any atom is 0.277 e. The summed E-state index contributed by atoms with van der Waals surface area (Å²) in [5.74, 6) is 0.393. The van der Waals surface area contributed by atoms with Crippen LogP contribution in [0.4, 0.5) is 5.69 Å². The fraction of sp³-hybridized carbons (Fsp3) is 0.312. The van der Waals surface area contributed by atoms with Gasteiger partial charge in [-0.3, -0.25) is 10.1 Å². The third-order valence-electron chi connectivity index (χ3n) is 4.29. The van der Waals surface area contributed by atoms with E-state index in [0.717, 1.165) is 6.26 Å². The minimum atomic E-state index is -3.31. The molecule has 0 amide bonds. The molecule has 2 aromatic carbocycles. The van der Waals surface area contributed by atoms with Crippen molar-refractivity contribution in [3.05, 3.63) is 46.5 Å². The Morgan fingerprint density at radius 3 is 2.54 bits per heavy atom. The molecule has 1 aliphatic carbocycles. The summed E-state index contributed by atoms with van der Waals surface area (Å²) in [4.78, 5) is 10.6. The Bertz CT molecular complexity index is 980. The molecule has 2 aromatic rings. The van der Waals surface area contributed by atoms with E-state index in [2.05, 4.69) is 0 Å². The van der Waals surface area contributed by atoms with Crippen molar-refractivity contribution >= 4 is 26.3 Å². The third-order valence-corrected chi connectivity index (χ3v) is 5.94. The lowest BCUT2D eigenvalue weighted by Gasteiger charge is -2.13. The van der Waals surface area contributed by atoms with Gasteiger partial charge < -0.3 is 4.74 Å². The maximum absolute atomic E-state index is 11.6. The van der Waals surface area contributed by atoms with Gasteiger partial charge in [0, 0.05) is 17.7 Å². The molecule has 0 heterocycles. The monoisotopic (exact) mass is 346 g/mol. The van der Waals surface area contributed by atoms with Crippen molar-refractivity contribution in [3.63, 3.8) is 0 Å². The highest BCUT2D eigenvalue weighted by molar-refractivity contribution is 7.91. The average Bonchev–Trinajstić information content (AvgIpc) is 3.28. The molecule has 1 fully saturated rings. The molecule has 0 aromatic heterocycles. The topological polar surface area (TPSA) is 110 Å². The largest absolute Gasteiger partial charge is 0.491 e. The number of non-ortho nitro benzene ring substituents is 1. The summed E-state index contributed by atoms with van der Waals surface area (Å²) in [6.07, 6.45) is 1.35. The molecule has 0 bridgehead atoms. The van der Waals surface area contributed by atoms with Crippen molar-refractivity contribution < 1.29 is 18.1 Å². The van der Waals surface area contributed by atoms with Gasteiger partial charge >= 0.3 is 0 Å². The van der Waals surface area contributed by atoms with Gasteiger partial charge in [-0.05, 0) is 18.6 Å². The smallest absolute Gasteiger partial charge is 0.277 e. The molecule has 3 rings (SSSR count). The molecule has 24 heavy (non-hydrogen) atoms. The van der Waals surface area contributed by atoms with Gasteiger partial charge in [-0.2, -0.15) is 5.26 Å². The van der Waals surface area contributed by atoms with Crippen LogP contribution < -0.4 is 4.74 Å². The molecule has 1 aliphatic rings. The second-order valence-corrected chi connectivity index (χ2v) is 8.19. The van der Waals surface area contributed by atoms with Crippen LogP contribution in [0.15, 0.2) is 36.4 Å². The molecule has 0 N–H and O–H groups in total. The second kappa shape index (κ2) is 5.46. The van der Waals surface area contributed by atoms with Crippen LogP contribution in [0.3, 0.4) is 0 Å². The molecule has 7 nitrogen and oxygen atoms in total. The van der Waals surface area contributed by atoms with Gasteiger partial charge in [0.15, 0.2) is 9.84 Å². The van der Waals surface area contributed by atoms with Gasteiger partial charge in [0.05, 0.1) is 21.6 Å². The summed E-state index contributed by atoms with van der Waals surface area (Å²) >= 11 is 0. The summed E-state index contributed by atoms with van der Waals surface area (Å²) in [5, 5.41) is 20.7. The molecular formula is C16H14N2O5S. The Hall–Kier alpha value is -2.66. The number of rotatable bonds is 5. The van der Waals surface area contributed by atoms with Crippen molar-refractivity contribution in [2.45, 2.75) is 11.7 Å². The van der Waals surface area contributed by atoms with E-state index in [9.17, 15) is 23.8 Å². The fourth-order valence-corrected chi connectivity index (χ4v) is 4.42. The van der Waals surface area contributed by atoms with E-state index < -0.39 is 25.4 Å². The first kappa shape index (κ1) is 16.2. The van der Waals surface area contributed by atoms with E-state index in [4.69, 9.17) is 4.74 Å². The van der Waals surface area contributed by atoms with Crippen LogP contribution in [0.5, 0.6) is 5.75 Å². The zero-order chi connectivity index (χ0) is 17.5. The molecule has 0 aliphatic heterocycles. The SMILES string of the molecule is CS(=O)(=O)[C@@H]1C[C@@]1(C#N)COc1ccc([N+](=O)[O-])c2ccccc12. The van der Waals surface area contributed by atoms with Crippen molar-refractivity contribution in [1.29, 1.82) is 5.26 Å². The number of hydrogen-bond donors (Lipinski definition) is 0. The molecule has 0 radical (unpaired) electrons.